The molecule has 1 unspecified atom stereocenters. The van der Waals surface area contributed by atoms with Crippen molar-refractivity contribution in [2.24, 2.45) is 0 Å². The lowest BCUT2D eigenvalue weighted by molar-refractivity contribution is 0.141. The van der Waals surface area contributed by atoms with E-state index in [1.807, 2.05) is 24.3 Å². The van der Waals surface area contributed by atoms with Gasteiger partial charge in [-0.15, -0.1) is 0 Å². The molecule has 6 heteroatoms. The molecule has 1 aliphatic heterocycles. The van der Waals surface area contributed by atoms with Gasteiger partial charge in [-0.25, -0.2) is 0 Å². The van der Waals surface area contributed by atoms with E-state index < -0.39 is 0 Å². The van der Waals surface area contributed by atoms with Crippen molar-refractivity contribution < 1.29 is 9.26 Å². The van der Waals surface area contributed by atoms with Crippen molar-refractivity contribution in [2.75, 3.05) is 13.7 Å². The van der Waals surface area contributed by atoms with Crippen molar-refractivity contribution in [2.45, 2.75) is 26.1 Å². The molecule has 2 aromatic heterocycles. The van der Waals surface area contributed by atoms with Crippen LogP contribution in [0.1, 0.15) is 24.6 Å². The quantitative estimate of drug-likeness (QED) is 0.738. The lowest BCUT2D eigenvalue weighted by Gasteiger charge is -2.33. The van der Waals surface area contributed by atoms with Crippen molar-refractivity contribution in [3.63, 3.8) is 0 Å². The van der Waals surface area contributed by atoms with Crippen LogP contribution in [-0.4, -0.2) is 33.3 Å². The highest BCUT2D eigenvalue weighted by molar-refractivity contribution is 5.55. The number of rotatable bonds is 4. The molecule has 1 atom stereocenters. The summed E-state index contributed by atoms with van der Waals surface area (Å²) in [4.78, 5) is 6.90. The molecule has 24 heavy (non-hydrogen) atoms. The van der Waals surface area contributed by atoms with Crippen LogP contribution in [0.3, 0.4) is 0 Å². The Morgan fingerprint density at radius 1 is 1.21 bits per heavy atom. The first-order chi connectivity index (χ1) is 11.7. The molecular formula is C18H20N4O2. The summed E-state index contributed by atoms with van der Waals surface area (Å²) in [6.07, 6.45) is 2.14. The zero-order chi connectivity index (χ0) is 16.5. The van der Waals surface area contributed by atoms with Crippen molar-refractivity contribution in [1.29, 1.82) is 0 Å². The minimum atomic E-state index is 0.338. The molecule has 3 aromatic rings. The number of hydrogen-bond donors (Lipinski definition) is 0. The van der Waals surface area contributed by atoms with Crippen LogP contribution in [-0.2, 0) is 13.1 Å². The maximum atomic E-state index is 5.46. The van der Waals surface area contributed by atoms with Gasteiger partial charge in [0.1, 0.15) is 5.75 Å². The summed E-state index contributed by atoms with van der Waals surface area (Å²) in [6, 6.07) is 12.3. The fourth-order valence-corrected chi connectivity index (χ4v) is 3.19. The molecule has 6 nitrogen and oxygen atoms in total. The van der Waals surface area contributed by atoms with Gasteiger partial charge in [0.2, 0.25) is 11.7 Å². The van der Waals surface area contributed by atoms with Crippen molar-refractivity contribution in [3.8, 4) is 17.1 Å². The molecule has 0 radical (unpaired) electrons. The van der Waals surface area contributed by atoms with Crippen molar-refractivity contribution in [1.82, 2.24) is 19.6 Å². The number of aromatic nitrogens is 3. The van der Waals surface area contributed by atoms with E-state index in [4.69, 9.17) is 9.26 Å². The van der Waals surface area contributed by atoms with Gasteiger partial charge >= 0.3 is 0 Å². The Labute approximate surface area is 140 Å². The average Bonchev–Trinajstić information content (AvgIpc) is 3.27. The second-order valence-corrected chi connectivity index (χ2v) is 6.01. The first kappa shape index (κ1) is 15.0. The van der Waals surface area contributed by atoms with E-state index >= 15 is 0 Å². The second-order valence-electron chi connectivity index (χ2n) is 6.01. The number of ether oxygens (including phenoxy) is 1. The SMILES string of the molecule is COc1ccc(-c2noc(CN3CCn4cccc4C3C)n2)cc1. The van der Waals surface area contributed by atoms with Crippen LogP contribution in [0.2, 0.25) is 0 Å². The molecule has 1 aliphatic rings. The fraction of sp³-hybridized carbons (Fsp3) is 0.333. The number of methoxy groups -OCH3 is 1. The van der Waals surface area contributed by atoms with Crippen molar-refractivity contribution in [3.05, 3.63) is 54.2 Å². The van der Waals surface area contributed by atoms with Gasteiger partial charge in [0.05, 0.1) is 13.7 Å². The van der Waals surface area contributed by atoms with Crippen LogP contribution in [0.5, 0.6) is 5.75 Å². The molecule has 0 aliphatic carbocycles. The van der Waals surface area contributed by atoms with E-state index in [0.29, 0.717) is 24.3 Å². The van der Waals surface area contributed by atoms with E-state index in [-0.39, 0.29) is 0 Å². The molecule has 0 fully saturated rings. The predicted molar refractivity (Wildman–Crippen MR) is 89.5 cm³/mol. The van der Waals surface area contributed by atoms with Gasteiger partial charge in [-0.05, 0) is 43.3 Å². The maximum Gasteiger partial charge on any atom is 0.241 e. The van der Waals surface area contributed by atoms with Gasteiger partial charge in [0, 0.05) is 36.6 Å². The Balaban J connectivity index is 1.49. The van der Waals surface area contributed by atoms with Crippen molar-refractivity contribution >= 4 is 0 Å². The largest absolute Gasteiger partial charge is 0.497 e. The van der Waals surface area contributed by atoms with Gasteiger partial charge in [0.25, 0.3) is 0 Å². The summed E-state index contributed by atoms with van der Waals surface area (Å²) in [5.74, 6) is 2.07. The van der Waals surface area contributed by atoms with Gasteiger partial charge in [-0.2, -0.15) is 4.98 Å². The monoisotopic (exact) mass is 324 g/mol. The lowest BCUT2D eigenvalue weighted by atomic mass is 10.1. The van der Waals surface area contributed by atoms with Gasteiger partial charge in [-0.3, -0.25) is 4.90 Å². The molecule has 0 spiro atoms. The molecule has 0 bridgehead atoms. The third kappa shape index (κ3) is 2.69. The van der Waals surface area contributed by atoms with E-state index in [1.165, 1.54) is 5.69 Å². The summed E-state index contributed by atoms with van der Waals surface area (Å²) in [5.41, 5.74) is 2.25. The van der Waals surface area contributed by atoms with Crippen LogP contribution < -0.4 is 4.74 Å². The Morgan fingerprint density at radius 3 is 2.83 bits per heavy atom. The topological polar surface area (TPSA) is 56.3 Å². The summed E-state index contributed by atoms with van der Waals surface area (Å²) in [5, 5.41) is 4.11. The minimum absolute atomic E-state index is 0.338. The Hall–Kier alpha value is -2.60. The standard InChI is InChI=1S/C18H20N4O2/c1-13-16-4-3-9-21(16)10-11-22(13)12-17-19-18(20-24-17)14-5-7-15(23-2)8-6-14/h3-9,13H,10-12H2,1-2H3. The third-order valence-electron chi connectivity index (χ3n) is 4.62. The summed E-state index contributed by atoms with van der Waals surface area (Å²) in [7, 11) is 1.65. The highest BCUT2D eigenvalue weighted by atomic mass is 16.5. The third-order valence-corrected chi connectivity index (χ3v) is 4.62. The number of hydrogen-bond acceptors (Lipinski definition) is 5. The summed E-state index contributed by atoms with van der Waals surface area (Å²) < 4.78 is 12.9. The normalized spacial score (nSPS) is 17.7. The molecular weight excluding hydrogens is 304 g/mol. The number of benzene rings is 1. The number of fused-ring (bicyclic) bond motifs is 1. The number of nitrogens with zero attached hydrogens (tertiary/aromatic N) is 4. The molecule has 4 rings (SSSR count). The Bertz CT molecular complexity index is 822. The van der Waals surface area contributed by atoms with Gasteiger partial charge in [-0.1, -0.05) is 5.16 Å². The Morgan fingerprint density at radius 2 is 2.04 bits per heavy atom. The van der Waals surface area contributed by atoms with E-state index in [1.54, 1.807) is 7.11 Å². The molecule has 0 amide bonds. The second kappa shape index (κ2) is 6.13. The summed E-state index contributed by atoms with van der Waals surface area (Å²) in [6.45, 7) is 4.84. The van der Waals surface area contributed by atoms with E-state index in [9.17, 15) is 0 Å². The first-order valence-electron chi connectivity index (χ1n) is 8.10. The van der Waals surface area contributed by atoms with Crippen LogP contribution >= 0.6 is 0 Å². The average molecular weight is 324 g/mol. The van der Waals surface area contributed by atoms with Crippen LogP contribution in [0.4, 0.5) is 0 Å². The molecule has 0 saturated heterocycles. The Kier molecular flexibility index (Phi) is 3.82. The highest BCUT2D eigenvalue weighted by Crippen LogP contribution is 2.27. The molecule has 0 saturated carbocycles. The first-order valence-corrected chi connectivity index (χ1v) is 8.10. The highest BCUT2D eigenvalue weighted by Gasteiger charge is 2.25. The lowest BCUT2D eigenvalue weighted by Crippen LogP contribution is -2.35. The minimum Gasteiger partial charge on any atom is -0.497 e. The molecule has 1 aromatic carbocycles. The molecule has 124 valence electrons. The van der Waals surface area contributed by atoms with Crippen LogP contribution in [0.15, 0.2) is 47.1 Å². The van der Waals surface area contributed by atoms with E-state index in [2.05, 4.69) is 44.9 Å². The zero-order valence-electron chi connectivity index (χ0n) is 13.8. The molecule has 0 N–H and O–H groups in total. The summed E-state index contributed by atoms with van der Waals surface area (Å²) >= 11 is 0. The zero-order valence-corrected chi connectivity index (χ0v) is 13.8. The van der Waals surface area contributed by atoms with Gasteiger partial charge in [0.15, 0.2) is 0 Å². The van der Waals surface area contributed by atoms with E-state index in [0.717, 1.165) is 24.4 Å². The molecule has 3 heterocycles. The van der Waals surface area contributed by atoms with Crippen LogP contribution in [0, 0.1) is 0 Å². The fourth-order valence-electron chi connectivity index (χ4n) is 3.19. The van der Waals surface area contributed by atoms with Crippen LogP contribution in [0.25, 0.3) is 11.4 Å². The predicted octanol–water partition coefficient (Wildman–Crippen LogP) is 3.12. The maximum absolute atomic E-state index is 5.46. The van der Waals surface area contributed by atoms with Gasteiger partial charge < -0.3 is 13.8 Å². The smallest absolute Gasteiger partial charge is 0.241 e.